The van der Waals surface area contributed by atoms with Crippen LogP contribution in [-0.2, 0) is 4.79 Å². The van der Waals surface area contributed by atoms with Gasteiger partial charge in [0.1, 0.15) is 5.75 Å². The lowest BCUT2D eigenvalue weighted by Gasteiger charge is -2.23. The minimum atomic E-state index is -0.531. The van der Waals surface area contributed by atoms with Gasteiger partial charge in [-0.1, -0.05) is 0 Å². The lowest BCUT2D eigenvalue weighted by molar-refractivity contribution is -0.122. The summed E-state index contributed by atoms with van der Waals surface area (Å²) >= 11 is 0. The highest BCUT2D eigenvalue weighted by molar-refractivity contribution is 6.09. The minimum Gasteiger partial charge on any atom is -0.479 e. The van der Waals surface area contributed by atoms with Gasteiger partial charge >= 0.3 is 0 Å². The zero-order valence-corrected chi connectivity index (χ0v) is 11.1. The van der Waals surface area contributed by atoms with E-state index in [1.807, 2.05) is 6.92 Å². The third-order valence-corrected chi connectivity index (χ3v) is 3.24. The molecule has 102 valence electrons. The second-order valence-electron chi connectivity index (χ2n) is 4.72. The summed E-state index contributed by atoms with van der Waals surface area (Å²) < 4.78 is 10.6. The molecule has 1 aromatic carbocycles. The zero-order chi connectivity index (χ0) is 14.3. The molecule has 0 saturated carbocycles. The topological polar surface area (TPSA) is 68.5 Å². The molecule has 0 spiro atoms. The molecule has 1 amide bonds. The van der Waals surface area contributed by atoms with E-state index in [1.54, 1.807) is 31.2 Å². The monoisotopic (exact) mass is 271 g/mol. The molecule has 1 aliphatic rings. The summed E-state index contributed by atoms with van der Waals surface area (Å²) in [5.74, 6) is 0.422. The number of rotatable bonds is 2. The van der Waals surface area contributed by atoms with Crippen molar-refractivity contribution in [1.29, 1.82) is 0 Å². The lowest BCUT2D eigenvalue weighted by atomic mass is 10.0. The molecule has 1 unspecified atom stereocenters. The van der Waals surface area contributed by atoms with E-state index >= 15 is 0 Å². The van der Waals surface area contributed by atoms with Gasteiger partial charge in [0.15, 0.2) is 11.9 Å². The average molecular weight is 271 g/mol. The molecule has 2 heterocycles. The van der Waals surface area contributed by atoms with E-state index in [9.17, 15) is 9.59 Å². The van der Waals surface area contributed by atoms with Crippen LogP contribution in [0.5, 0.6) is 5.75 Å². The second kappa shape index (κ2) is 4.52. The van der Waals surface area contributed by atoms with Crippen LogP contribution in [0.4, 0.5) is 5.69 Å². The summed E-state index contributed by atoms with van der Waals surface area (Å²) in [6, 6.07) is 6.67. The standard InChI is InChI=1S/C15H13NO4/c1-8-5-6-19-14(8)13(17)10-3-4-12-11(7-10)16-15(18)9(2)20-12/h3-7,9H,1-2H3,(H,16,18). The average Bonchev–Trinajstić information content (AvgIpc) is 2.85. The van der Waals surface area contributed by atoms with Crippen LogP contribution in [0.3, 0.4) is 0 Å². The van der Waals surface area contributed by atoms with Gasteiger partial charge in [-0.05, 0) is 43.7 Å². The zero-order valence-electron chi connectivity index (χ0n) is 11.1. The van der Waals surface area contributed by atoms with Crippen LogP contribution in [0.2, 0.25) is 0 Å². The summed E-state index contributed by atoms with van der Waals surface area (Å²) in [4.78, 5) is 23.9. The number of ketones is 1. The van der Waals surface area contributed by atoms with Crippen molar-refractivity contribution in [3.8, 4) is 5.75 Å². The lowest BCUT2D eigenvalue weighted by Crippen LogP contribution is -2.34. The van der Waals surface area contributed by atoms with Crippen molar-refractivity contribution in [1.82, 2.24) is 0 Å². The first-order valence-electron chi connectivity index (χ1n) is 6.26. The van der Waals surface area contributed by atoms with E-state index in [0.29, 0.717) is 22.8 Å². The van der Waals surface area contributed by atoms with E-state index in [4.69, 9.17) is 9.15 Å². The molecule has 0 aliphatic carbocycles. The predicted octanol–water partition coefficient (Wildman–Crippen LogP) is 2.54. The Labute approximate surface area is 115 Å². The van der Waals surface area contributed by atoms with Gasteiger partial charge in [0, 0.05) is 5.56 Å². The summed E-state index contributed by atoms with van der Waals surface area (Å²) in [7, 11) is 0. The molecule has 0 saturated heterocycles. The van der Waals surface area contributed by atoms with Crippen LogP contribution < -0.4 is 10.1 Å². The maximum absolute atomic E-state index is 12.3. The molecule has 1 aliphatic heterocycles. The highest BCUT2D eigenvalue weighted by atomic mass is 16.5. The number of fused-ring (bicyclic) bond motifs is 1. The SMILES string of the molecule is Cc1ccoc1C(=O)c1ccc2c(c1)NC(=O)C(C)O2. The molecule has 0 radical (unpaired) electrons. The Morgan fingerprint density at radius 3 is 2.80 bits per heavy atom. The van der Waals surface area contributed by atoms with Crippen molar-refractivity contribution in [2.45, 2.75) is 20.0 Å². The van der Waals surface area contributed by atoms with Gasteiger partial charge in [0.05, 0.1) is 12.0 Å². The number of aryl methyl sites for hydroxylation is 1. The Morgan fingerprint density at radius 1 is 1.30 bits per heavy atom. The van der Waals surface area contributed by atoms with E-state index in [2.05, 4.69) is 5.32 Å². The number of hydrogen-bond donors (Lipinski definition) is 1. The van der Waals surface area contributed by atoms with Gasteiger partial charge in [-0.2, -0.15) is 0 Å². The van der Waals surface area contributed by atoms with Crippen LogP contribution in [0.1, 0.15) is 28.6 Å². The fraction of sp³-hybridized carbons (Fsp3) is 0.200. The molecule has 5 heteroatoms. The summed E-state index contributed by atoms with van der Waals surface area (Å²) in [5.41, 5.74) is 1.73. The minimum absolute atomic E-state index is 0.219. The van der Waals surface area contributed by atoms with Crippen molar-refractivity contribution in [3.63, 3.8) is 0 Å². The fourth-order valence-electron chi connectivity index (χ4n) is 2.09. The Hall–Kier alpha value is -2.56. The van der Waals surface area contributed by atoms with Crippen molar-refractivity contribution >= 4 is 17.4 Å². The molecular formula is C15H13NO4. The Balaban J connectivity index is 1.97. The van der Waals surface area contributed by atoms with Gasteiger partial charge in [0.25, 0.3) is 5.91 Å². The Kier molecular flexibility index (Phi) is 2.82. The molecule has 2 aromatic rings. The third kappa shape index (κ3) is 1.97. The predicted molar refractivity (Wildman–Crippen MR) is 72.0 cm³/mol. The van der Waals surface area contributed by atoms with E-state index < -0.39 is 6.10 Å². The van der Waals surface area contributed by atoms with Crippen molar-refractivity contribution < 1.29 is 18.7 Å². The molecular weight excluding hydrogens is 258 g/mol. The van der Waals surface area contributed by atoms with Crippen molar-refractivity contribution in [2.75, 3.05) is 5.32 Å². The van der Waals surface area contributed by atoms with Gasteiger partial charge in [-0.3, -0.25) is 9.59 Å². The van der Waals surface area contributed by atoms with Crippen LogP contribution in [0.25, 0.3) is 0 Å². The first-order valence-corrected chi connectivity index (χ1v) is 6.26. The number of benzene rings is 1. The molecule has 1 aromatic heterocycles. The number of furan rings is 1. The normalized spacial score (nSPS) is 17.1. The number of carbonyl (C=O) groups excluding carboxylic acids is 2. The number of ether oxygens (including phenoxy) is 1. The molecule has 1 N–H and O–H groups in total. The molecule has 5 nitrogen and oxygen atoms in total. The number of anilines is 1. The number of nitrogens with one attached hydrogen (secondary N) is 1. The van der Waals surface area contributed by atoms with Crippen molar-refractivity contribution in [3.05, 3.63) is 47.4 Å². The molecule has 3 rings (SSSR count). The van der Waals surface area contributed by atoms with Gasteiger partial charge in [-0.15, -0.1) is 0 Å². The van der Waals surface area contributed by atoms with E-state index in [1.165, 1.54) is 6.26 Å². The molecule has 0 bridgehead atoms. The van der Waals surface area contributed by atoms with Crippen LogP contribution in [0, 0.1) is 6.92 Å². The largest absolute Gasteiger partial charge is 0.479 e. The quantitative estimate of drug-likeness (QED) is 0.852. The van der Waals surface area contributed by atoms with Crippen LogP contribution in [0.15, 0.2) is 34.9 Å². The smallest absolute Gasteiger partial charge is 0.265 e. The van der Waals surface area contributed by atoms with Crippen LogP contribution in [-0.4, -0.2) is 17.8 Å². The Morgan fingerprint density at radius 2 is 2.10 bits per heavy atom. The summed E-state index contributed by atoms with van der Waals surface area (Å²) in [6.45, 7) is 3.48. The maximum atomic E-state index is 12.3. The first kappa shape index (κ1) is 12.5. The summed E-state index contributed by atoms with van der Waals surface area (Å²) in [6.07, 6.45) is 0.949. The third-order valence-electron chi connectivity index (χ3n) is 3.24. The highest BCUT2D eigenvalue weighted by Crippen LogP contribution is 2.31. The number of amides is 1. The maximum Gasteiger partial charge on any atom is 0.265 e. The van der Waals surface area contributed by atoms with Gasteiger partial charge in [-0.25, -0.2) is 0 Å². The van der Waals surface area contributed by atoms with Crippen LogP contribution >= 0.6 is 0 Å². The van der Waals surface area contributed by atoms with E-state index in [0.717, 1.165) is 5.56 Å². The first-order chi connectivity index (χ1) is 9.56. The van der Waals surface area contributed by atoms with E-state index in [-0.39, 0.29) is 11.7 Å². The molecule has 1 atom stereocenters. The summed E-state index contributed by atoms with van der Waals surface area (Å²) in [5, 5.41) is 2.72. The van der Waals surface area contributed by atoms with Gasteiger partial charge in [0.2, 0.25) is 5.78 Å². The highest BCUT2D eigenvalue weighted by Gasteiger charge is 2.25. The van der Waals surface area contributed by atoms with Crippen molar-refractivity contribution in [2.24, 2.45) is 0 Å². The second-order valence-corrected chi connectivity index (χ2v) is 4.72. The number of carbonyl (C=O) groups is 2. The molecule has 20 heavy (non-hydrogen) atoms. The Bertz CT molecular complexity index is 702. The fourth-order valence-corrected chi connectivity index (χ4v) is 2.09. The van der Waals surface area contributed by atoms with Gasteiger partial charge < -0.3 is 14.5 Å². The molecule has 0 fully saturated rings. The number of hydrogen-bond acceptors (Lipinski definition) is 4.